The molecule has 0 amide bonds. The van der Waals surface area contributed by atoms with Crippen LogP contribution in [0.15, 0.2) is 12.1 Å². The van der Waals surface area contributed by atoms with E-state index >= 15 is 0 Å². The summed E-state index contributed by atoms with van der Waals surface area (Å²) in [6.45, 7) is 0.203. The minimum absolute atomic E-state index is 0.203. The van der Waals surface area contributed by atoms with Crippen LogP contribution in [0.1, 0.15) is 28.9 Å². The van der Waals surface area contributed by atoms with Gasteiger partial charge < -0.3 is 9.84 Å². The topological polar surface area (TPSA) is 59.4 Å². The normalized spacial score (nSPS) is 15.5. The van der Waals surface area contributed by atoms with Crippen molar-refractivity contribution in [2.45, 2.75) is 19.0 Å². The molecule has 0 unspecified atom stereocenters. The summed E-state index contributed by atoms with van der Waals surface area (Å²) in [6, 6.07) is 1.49. The minimum atomic E-state index is -4.62. The number of ether oxygens (including phenoxy) is 1. The van der Waals surface area contributed by atoms with Crippen LogP contribution < -0.4 is 4.74 Å². The Morgan fingerprint density at radius 3 is 2.61 bits per heavy atom. The van der Waals surface area contributed by atoms with Gasteiger partial charge in [0.2, 0.25) is 5.88 Å². The molecule has 18 heavy (non-hydrogen) atoms. The van der Waals surface area contributed by atoms with Crippen LogP contribution >= 0.6 is 0 Å². The number of nitrogens with zero attached hydrogens (tertiary/aromatic N) is 1. The standard InChI is InChI=1S/C11H10F3NO3/c12-11(13,14)8-4-3-7(10(16)17)9(15-8)18-5-6-1-2-6/h3-4,6H,1-2,5H2,(H,16,17). The Bertz CT molecular complexity index is 469. The maximum Gasteiger partial charge on any atom is 0.433 e. The average molecular weight is 261 g/mol. The summed E-state index contributed by atoms with van der Waals surface area (Å²) in [5.74, 6) is -1.53. The number of alkyl halides is 3. The summed E-state index contributed by atoms with van der Waals surface area (Å²) >= 11 is 0. The SMILES string of the molecule is O=C(O)c1ccc(C(F)(F)F)nc1OCC1CC1. The van der Waals surface area contributed by atoms with Crippen molar-refractivity contribution >= 4 is 5.97 Å². The summed E-state index contributed by atoms with van der Waals surface area (Å²) in [6.07, 6.45) is -2.72. The van der Waals surface area contributed by atoms with Crippen molar-refractivity contribution in [1.82, 2.24) is 4.98 Å². The highest BCUT2D eigenvalue weighted by Gasteiger charge is 2.34. The third-order valence-corrected chi connectivity index (χ3v) is 2.53. The molecule has 1 aromatic rings. The summed E-state index contributed by atoms with van der Waals surface area (Å²) in [7, 11) is 0. The molecule has 0 atom stereocenters. The summed E-state index contributed by atoms with van der Waals surface area (Å²) in [4.78, 5) is 14.1. The molecular formula is C11H10F3NO3. The van der Waals surface area contributed by atoms with Gasteiger partial charge in [0.1, 0.15) is 11.3 Å². The van der Waals surface area contributed by atoms with E-state index < -0.39 is 23.7 Å². The largest absolute Gasteiger partial charge is 0.477 e. The quantitative estimate of drug-likeness (QED) is 0.905. The molecular weight excluding hydrogens is 251 g/mol. The first-order valence-corrected chi connectivity index (χ1v) is 5.32. The van der Waals surface area contributed by atoms with Crippen LogP contribution in [0.2, 0.25) is 0 Å². The van der Waals surface area contributed by atoms with E-state index in [1.807, 2.05) is 0 Å². The van der Waals surface area contributed by atoms with E-state index in [0.29, 0.717) is 12.0 Å². The van der Waals surface area contributed by atoms with Crippen LogP contribution in [0.4, 0.5) is 13.2 Å². The predicted octanol–water partition coefficient (Wildman–Crippen LogP) is 2.59. The van der Waals surface area contributed by atoms with Crippen LogP contribution in [0, 0.1) is 5.92 Å². The maximum absolute atomic E-state index is 12.4. The molecule has 0 saturated heterocycles. The summed E-state index contributed by atoms with van der Waals surface area (Å²) in [5.41, 5.74) is -1.51. The number of aromatic nitrogens is 1. The second-order valence-corrected chi connectivity index (χ2v) is 4.11. The number of rotatable bonds is 4. The van der Waals surface area contributed by atoms with Crippen LogP contribution in [0.25, 0.3) is 0 Å². The van der Waals surface area contributed by atoms with Crippen molar-refractivity contribution in [1.29, 1.82) is 0 Å². The molecule has 1 saturated carbocycles. The molecule has 0 aliphatic heterocycles. The Balaban J connectivity index is 2.27. The highest BCUT2D eigenvalue weighted by atomic mass is 19.4. The second kappa shape index (κ2) is 4.47. The van der Waals surface area contributed by atoms with Gasteiger partial charge in [0.25, 0.3) is 0 Å². The van der Waals surface area contributed by atoms with E-state index in [4.69, 9.17) is 9.84 Å². The molecule has 0 spiro atoms. The number of carboxylic acid groups (broad SMARTS) is 1. The van der Waals surface area contributed by atoms with E-state index in [0.717, 1.165) is 18.9 Å². The van der Waals surface area contributed by atoms with E-state index in [1.165, 1.54) is 0 Å². The first kappa shape index (κ1) is 12.7. The Hall–Kier alpha value is -1.79. The van der Waals surface area contributed by atoms with Crippen molar-refractivity contribution in [2.24, 2.45) is 5.92 Å². The van der Waals surface area contributed by atoms with Gasteiger partial charge in [-0.25, -0.2) is 9.78 Å². The van der Waals surface area contributed by atoms with E-state index in [1.54, 1.807) is 0 Å². The summed E-state index contributed by atoms with van der Waals surface area (Å²) in [5, 5.41) is 8.84. The van der Waals surface area contributed by atoms with Crippen molar-refractivity contribution in [2.75, 3.05) is 6.61 Å². The fourth-order valence-corrected chi connectivity index (χ4v) is 1.35. The molecule has 4 nitrogen and oxygen atoms in total. The molecule has 1 aromatic heterocycles. The monoisotopic (exact) mass is 261 g/mol. The lowest BCUT2D eigenvalue weighted by molar-refractivity contribution is -0.141. The van der Waals surface area contributed by atoms with Gasteiger partial charge in [0, 0.05) is 0 Å². The van der Waals surface area contributed by atoms with Crippen LogP contribution in [-0.4, -0.2) is 22.7 Å². The van der Waals surface area contributed by atoms with Crippen LogP contribution in [-0.2, 0) is 6.18 Å². The van der Waals surface area contributed by atoms with Gasteiger partial charge >= 0.3 is 12.1 Å². The number of hydrogen-bond donors (Lipinski definition) is 1. The molecule has 1 N–H and O–H groups in total. The molecule has 1 aliphatic carbocycles. The molecule has 0 radical (unpaired) electrons. The Labute approximate surface area is 100 Å². The van der Waals surface area contributed by atoms with Gasteiger partial charge in [0.05, 0.1) is 6.61 Å². The third-order valence-electron chi connectivity index (χ3n) is 2.53. The fraction of sp³-hybridized carbons (Fsp3) is 0.455. The first-order chi connectivity index (χ1) is 8.38. The van der Waals surface area contributed by atoms with Crippen molar-refractivity contribution in [3.63, 3.8) is 0 Å². The van der Waals surface area contributed by atoms with Gasteiger partial charge in [-0.05, 0) is 30.9 Å². The van der Waals surface area contributed by atoms with E-state index in [-0.39, 0.29) is 12.2 Å². The van der Waals surface area contributed by atoms with E-state index in [9.17, 15) is 18.0 Å². The lowest BCUT2D eigenvalue weighted by Crippen LogP contribution is -2.13. The van der Waals surface area contributed by atoms with Crippen molar-refractivity contribution < 1.29 is 27.8 Å². The third kappa shape index (κ3) is 2.91. The predicted molar refractivity (Wildman–Crippen MR) is 54.4 cm³/mol. The Kier molecular flexibility index (Phi) is 3.14. The second-order valence-electron chi connectivity index (χ2n) is 4.11. The lowest BCUT2D eigenvalue weighted by Gasteiger charge is -2.11. The zero-order valence-corrected chi connectivity index (χ0v) is 9.20. The highest BCUT2D eigenvalue weighted by Crippen LogP contribution is 2.32. The summed E-state index contributed by atoms with van der Waals surface area (Å²) < 4.78 is 42.4. The van der Waals surface area contributed by atoms with Gasteiger partial charge in [-0.1, -0.05) is 0 Å². The van der Waals surface area contributed by atoms with Crippen LogP contribution in [0.3, 0.4) is 0 Å². The molecule has 0 bridgehead atoms. The smallest absolute Gasteiger partial charge is 0.433 e. The molecule has 1 fully saturated rings. The number of carbonyl (C=O) groups is 1. The molecule has 1 heterocycles. The number of halogens is 3. The number of carboxylic acids is 1. The number of pyridine rings is 1. The molecule has 98 valence electrons. The van der Waals surface area contributed by atoms with Gasteiger partial charge in [0.15, 0.2) is 0 Å². The number of hydrogen-bond acceptors (Lipinski definition) is 3. The van der Waals surface area contributed by atoms with Crippen molar-refractivity contribution in [3.05, 3.63) is 23.4 Å². The minimum Gasteiger partial charge on any atom is -0.477 e. The lowest BCUT2D eigenvalue weighted by atomic mass is 10.2. The number of aromatic carboxylic acids is 1. The van der Waals surface area contributed by atoms with Gasteiger partial charge in [-0.15, -0.1) is 0 Å². The van der Waals surface area contributed by atoms with Gasteiger partial charge in [-0.3, -0.25) is 0 Å². The fourth-order valence-electron chi connectivity index (χ4n) is 1.35. The molecule has 7 heteroatoms. The van der Waals surface area contributed by atoms with Crippen molar-refractivity contribution in [3.8, 4) is 5.88 Å². The maximum atomic E-state index is 12.4. The zero-order chi connectivity index (χ0) is 13.3. The Morgan fingerprint density at radius 2 is 2.11 bits per heavy atom. The molecule has 2 rings (SSSR count). The molecule has 0 aromatic carbocycles. The zero-order valence-electron chi connectivity index (χ0n) is 9.20. The van der Waals surface area contributed by atoms with Gasteiger partial charge in [-0.2, -0.15) is 13.2 Å². The Morgan fingerprint density at radius 1 is 1.44 bits per heavy atom. The van der Waals surface area contributed by atoms with Crippen LogP contribution in [0.5, 0.6) is 5.88 Å². The van der Waals surface area contributed by atoms with E-state index in [2.05, 4.69) is 4.98 Å². The molecule has 1 aliphatic rings. The average Bonchev–Trinajstić information content (AvgIpc) is 3.08. The highest BCUT2D eigenvalue weighted by molar-refractivity contribution is 5.90. The first-order valence-electron chi connectivity index (χ1n) is 5.32.